The largest absolute Gasteiger partial charge is 0.480 e. The molecule has 0 amide bonds. The Morgan fingerprint density at radius 1 is 1.12 bits per heavy atom. The van der Waals surface area contributed by atoms with Gasteiger partial charge in [0.15, 0.2) is 5.16 Å². The molecule has 4 nitrogen and oxygen atoms in total. The van der Waals surface area contributed by atoms with Crippen LogP contribution in [0.15, 0.2) is 53.9 Å². The first-order valence-electron chi connectivity index (χ1n) is 4.99. The summed E-state index contributed by atoms with van der Waals surface area (Å²) >= 11 is 1.13. The fourth-order valence-electron chi connectivity index (χ4n) is 1.34. The van der Waals surface area contributed by atoms with Gasteiger partial charge in [0.2, 0.25) is 0 Å². The smallest absolute Gasteiger partial charge is 0.321 e. The molecule has 17 heavy (non-hydrogen) atoms. The zero-order chi connectivity index (χ0) is 12.1. The molecular formula is C12H10N2O2S. The number of rotatable bonds is 4. The number of nitrogens with zero attached hydrogens (tertiary/aromatic N) is 2. The fraction of sp³-hybridized carbons (Fsp3) is 0.0833. The molecule has 0 aliphatic carbocycles. The van der Waals surface area contributed by atoms with Crippen molar-refractivity contribution in [3.05, 3.63) is 54.4 Å². The van der Waals surface area contributed by atoms with Crippen molar-refractivity contribution in [3.63, 3.8) is 0 Å². The van der Waals surface area contributed by atoms with Gasteiger partial charge in [-0.3, -0.25) is 4.79 Å². The Morgan fingerprint density at radius 3 is 2.35 bits per heavy atom. The van der Waals surface area contributed by atoms with Gasteiger partial charge in [0.25, 0.3) is 0 Å². The Bertz CT molecular complexity index is 490. The van der Waals surface area contributed by atoms with Crippen molar-refractivity contribution in [2.24, 2.45) is 0 Å². The second kappa shape index (κ2) is 5.45. The predicted molar refractivity (Wildman–Crippen MR) is 64.7 cm³/mol. The summed E-state index contributed by atoms with van der Waals surface area (Å²) in [5.74, 6) is -0.895. The van der Waals surface area contributed by atoms with Gasteiger partial charge in [-0.05, 0) is 11.6 Å². The minimum atomic E-state index is -0.895. The molecule has 2 aromatic rings. The predicted octanol–water partition coefficient (Wildman–Crippen LogP) is 2.39. The van der Waals surface area contributed by atoms with Crippen molar-refractivity contribution >= 4 is 17.7 Å². The van der Waals surface area contributed by atoms with Gasteiger partial charge in [0.05, 0.1) is 0 Å². The highest BCUT2D eigenvalue weighted by Crippen LogP contribution is 2.32. The summed E-state index contributed by atoms with van der Waals surface area (Å²) in [5.41, 5.74) is 0.734. The molecule has 0 aliphatic heterocycles. The molecular weight excluding hydrogens is 236 g/mol. The van der Waals surface area contributed by atoms with E-state index in [9.17, 15) is 9.90 Å². The molecule has 0 fully saturated rings. The van der Waals surface area contributed by atoms with Crippen molar-refractivity contribution in [2.75, 3.05) is 0 Å². The lowest BCUT2D eigenvalue weighted by Gasteiger charge is -2.10. The van der Waals surface area contributed by atoms with Crippen LogP contribution in [-0.4, -0.2) is 21.0 Å². The molecule has 5 heteroatoms. The molecule has 1 aromatic carbocycles. The Hall–Kier alpha value is -1.88. The molecule has 0 saturated carbocycles. The molecule has 1 N–H and O–H groups in total. The van der Waals surface area contributed by atoms with E-state index in [2.05, 4.69) is 9.97 Å². The van der Waals surface area contributed by atoms with Crippen LogP contribution in [-0.2, 0) is 4.79 Å². The van der Waals surface area contributed by atoms with Crippen molar-refractivity contribution in [1.29, 1.82) is 0 Å². The monoisotopic (exact) mass is 246 g/mol. The van der Waals surface area contributed by atoms with E-state index in [0.29, 0.717) is 5.16 Å². The molecule has 0 spiro atoms. The average Bonchev–Trinajstić information content (AvgIpc) is 2.38. The summed E-state index contributed by atoms with van der Waals surface area (Å²) in [4.78, 5) is 19.3. The highest BCUT2D eigenvalue weighted by Gasteiger charge is 2.21. The van der Waals surface area contributed by atoms with E-state index in [1.807, 2.05) is 18.2 Å². The van der Waals surface area contributed by atoms with Gasteiger partial charge in [0.1, 0.15) is 5.25 Å². The lowest BCUT2D eigenvalue weighted by Crippen LogP contribution is -2.08. The molecule has 0 aliphatic rings. The zero-order valence-corrected chi connectivity index (χ0v) is 9.67. The van der Waals surface area contributed by atoms with Gasteiger partial charge >= 0.3 is 5.97 Å². The van der Waals surface area contributed by atoms with Crippen LogP contribution in [0, 0.1) is 0 Å². The third kappa shape index (κ3) is 3.04. The van der Waals surface area contributed by atoms with Gasteiger partial charge in [-0.15, -0.1) is 0 Å². The van der Waals surface area contributed by atoms with Crippen LogP contribution in [0.2, 0.25) is 0 Å². The van der Waals surface area contributed by atoms with Crippen LogP contribution in [0.4, 0.5) is 0 Å². The molecule has 1 heterocycles. The normalized spacial score (nSPS) is 12.0. The van der Waals surface area contributed by atoms with E-state index in [0.717, 1.165) is 17.3 Å². The topological polar surface area (TPSA) is 63.1 Å². The number of aliphatic carboxylic acids is 1. The maximum absolute atomic E-state index is 11.2. The number of benzene rings is 1. The van der Waals surface area contributed by atoms with Gasteiger partial charge in [-0.25, -0.2) is 9.97 Å². The number of carboxylic acids is 1. The van der Waals surface area contributed by atoms with Crippen LogP contribution in [0.5, 0.6) is 0 Å². The number of thioether (sulfide) groups is 1. The summed E-state index contributed by atoms with van der Waals surface area (Å²) in [7, 11) is 0. The maximum atomic E-state index is 11.2. The van der Waals surface area contributed by atoms with E-state index in [4.69, 9.17) is 0 Å². The van der Waals surface area contributed by atoms with E-state index in [-0.39, 0.29) is 0 Å². The molecule has 86 valence electrons. The van der Waals surface area contributed by atoms with Crippen LogP contribution in [0.25, 0.3) is 0 Å². The molecule has 2 rings (SSSR count). The van der Waals surface area contributed by atoms with E-state index < -0.39 is 11.2 Å². The van der Waals surface area contributed by atoms with Crippen molar-refractivity contribution in [1.82, 2.24) is 9.97 Å². The third-order valence-electron chi connectivity index (χ3n) is 2.09. The Morgan fingerprint density at radius 2 is 1.76 bits per heavy atom. The number of aromatic nitrogens is 2. The molecule has 0 bridgehead atoms. The standard InChI is InChI=1S/C12H10N2O2S/c15-11(16)10(9-5-2-1-3-6-9)17-12-13-7-4-8-14-12/h1-8,10H,(H,15,16)/t10-/m0/s1. The number of carboxylic acid groups (broad SMARTS) is 1. The summed E-state index contributed by atoms with van der Waals surface area (Å²) in [6, 6.07) is 10.8. The average molecular weight is 246 g/mol. The summed E-state index contributed by atoms with van der Waals surface area (Å²) in [5, 5.41) is 8.99. The van der Waals surface area contributed by atoms with E-state index in [1.165, 1.54) is 0 Å². The second-order valence-electron chi connectivity index (χ2n) is 3.28. The number of carbonyl (C=O) groups is 1. The first-order chi connectivity index (χ1) is 8.27. The highest BCUT2D eigenvalue weighted by atomic mass is 32.2. The minimum Gasteiger partial charge on any atom is -0.480 e. The quantitative estimate of drug-likeness (QED) is 0.663. The first kappa shape index (κ1) is 11.6. The Balaban J connectivity index is 2.23. The van der Waals surface area contributed by atoms with Crippen LogP contribution in [0.1, 0.15) is 10.8 Å². The minimum absolute atomic E-state index is 0.462. The van der Waals surface area contributed by atoms with E-state index in [1.54, 1.807) is 30.6 Å². The van der Waals surface area contributed by atoms with E-state index >= 15 is 0 Å². The molecule has 1 aromatic heterocycles. The number of hydrogen-bond donors (Lipinski definition) is 1. The summed E-state index contributed by atoms with van der Waals surface area (Å²) in [6.45, 7) is 0. The van der Waals surface area contributed by atoms with Crippen LogP contribution in [0.3, 0.4) is 0 Å². The van der Waals surface area contributed by atoms with Crippen molar-refractivity contribution < 1.29 is 9.90 Å². The molecule has 0 unspecified atom stereocenters. The van der Waals surface area contributed by atoms with Gasteiger partial charge in [-0.1, -0.05) is 42.1 Å². The molecule has 1 atom stereocenters. The number of hydrogen-bond acceptors (Lipinski definition) is 4. The Labute approximate surface area is 103 Å². The van der Waals surface area contributed by atoms with Crippen LogP contribution < -0.4 is 0 Å². The van der Waals surface area contributed by atoms with Gasteiger partial charge in [0, 0.05) is 12.4 Å². The Kier molecular flexibility index (Phi) is 3.72. The molecule has 0 saturated heterocycles. The second-order valence-corrected chi connectivity index (χ2v) is 4.35. The van der Waals surface area contributed by atoms with Crippen molar-refractivity contribution in [2.45, 2.75) is 10.4 Å². The highest BCUT2D eigenvalue weighted by molar-refractivity contribution is 8.00. The lowest BCUT2D eigenvalue weighted by molar-refractivity contribution is -0.136. The summed E-state index contributed by atoms with van der Waals surface area (Å²) in [6.07, 6.45) is 3.19. The third-order valence-corrected chi connectivity index (χ3v) is 3.22. The fourth-order valence-corrected chi connectivity index (χ4v) is 2.19. The first-order valence-corrected chi connectivity index (χ1v) is 5.87. The van der Waals surface area contributed by atoms with Crippen molar-refractivity contribution in [3.8, 4) is 0 Å². The maximum Gasteiger partial charge on any atom is 0.321 e. The van der Waals surface area contributed by atoms with Crippen LogP contribution >= 0.6 is 11.8 Å². The zero-order valence-electron chi connectivity index (χ0n) is 8.85. The SMILES string of the molecule is O=C(O)[C@@H](Sc1ncccn1)c1ccccc1. The summed E-state index contributed by atoms with van der Waals surface area (Å²) < 4.78 is 0. The van der Waals surface area contributed by atoms with Gasteiger partial charge in [-0.2, -0.15) is 0 Å². The van der Waals surface area contributed by atoms with Gasteiger partial charge < -0.3 is 5.11 Å². The lowest BCUT2D eigenvalue weighted by atomic mass is 10.1. The molecule has 0 radical (unpaired) electrons.